The molecular weight excluding hydrogens is 304 g/mol. The highest BCUT2D eigenvalue weighted by Gasteiger charge is 2.27. The fourth-order valence-electron chi connectivity index (χ4n) is 2.61. The van der Waals surface area contributed by atoms with E-state index in [1.54, 1.807) is 17.5 Å². The Morgan fingerprint density at radius 1 is 1.19 bits per heavy atom. The molecule has 1 aliphatic rings. The third-order valence-corrected chi connectivity index (χ3v) is 6.52. The van der Waals surface area contributed by atoms with Crippen molar-refractivity contribution in [2.75, 3.05) is 13.1 Å². The van der Waals surface area contributed by atoms with Crippen LogP contribution in [0.2, 0.25) is 0 Å². The number of nitrogens with one attached hydrogen (secondary N) is 1. The summed E-state index contributed by atoms with van der Waals surface area (Å²) in [6.07, 6.45) is 0.859. The lowest BCUT2D eigenvalue weighted by Gasteiger charge is -2.16. The highest BCUT2D eigenvalue weighted by atomic mass is 32.2. The van der Waals surface area contributed by atoms with Gasteiger partial charge >= 0.3 is 0 Å². The third kappa shape index (κ3) is 3.71. The Morgan fingerprint density at radius 3 is 2.71 bits per heavy atom. The summed E-state index contributed by atoms with van der Waals surface area (Å²) in [6, 6.07) is 13.7. The molecular formula is C15H18N2O2S2. The summed E-state index contributed by atoms with van der Waals surface area (Å²) < 4.78 is 27.6. The van der Waals surface area contributed by atoms with Gasteiger partial charge in [0, 0.05) is 25.7 Å². The normalized spacial score (nSPS) is 19.9. The molecule has 0 radical (unpaired) electrons. The standard InChI is InChI=1S/C15H18N2O2S2/c18-21(19,15-7-4-10-20-15)16-14-8-9-17(12-14)11-13-5-2-1-3-6-13/h1-7,10,14,16H,8-9,11-12H2. The lowest BCUT2D eigenvalue weighted by atomic mass is 10.2. The van der Waals surface area contributed by atoms with Gasteiger partial charge in [-0.25, -0.2) is 13.1 Å². The lowest BCUT2D eigenvalue weighted by Crippen LogP contribution is -2.36. The van der Waals surface area contributed by atoms with E-state index in [-0.39, 0.29) is 6.04 Å². The van der Waals surface area contributed by atoms with Gasteiger partial charge in [-0.2, -0.15) is 0 Å². The monoisotopic (exact) mass is 322 g/mol. The van der Waals surface area contributed by atoms with Gasteiger partial charge in [0.05, 0.1) is 0 Å². The van der Waals surface area contributed by atoms with Crippen molar-refractivity contribution in [3.8, 4) is 0 Å². The maximum atomic E-state index is 12.2. The Morgan fingerprint density at radius 2 is 2.00 bits per heavy atom. The zero-order valence-electron chi connectivity index (χ0n) is 11.6. The van der Waals surface area contributed by atoms with Crippen molar-refractivity contribution in [1.82, 2.24) is 9.62 Å². The van der Waals surface area contributed by atoms with E-state index in [2.05, 4.69) is 21.8 Å². The fraction of sp³-hybridized carbons (Fsp3) is 0.333. The molecule has 1 N–H and O–H groups in total. The van der Waals surface area contributed by atoms with Crippen molar-refractivity contribution in [2.45, 2.75) is 23.2 Å². The number of nitrogens with zero attached hydrogens (tertiary/aromatic N) is 1. The van der Waals surface area contributed by atoms with Crippen LogP contribution < -0.4 is 4.72 Å². The van der Waals surface area contributed by atoms with Crippen LogP contribution >= 0.6 is 11.3 Å². The lowest BCUT2D eigenvalue weighted by molar-refractivity contribution is 0.324. The molecule has 112 valence electrons. The second-order valence-electron chi connectivity index (χ2n) is 5.26. The van der Waals surface area contributed by atoms with Crippen LogP contribution in [-0.2, 0) is 16.6 Å². The molecule has 1 unspecified atom stereocenters. The van der Waals surface area contributed by atoms with E-state index in [9.17, 15) is 8.42 Å². The predicted octanol–water partition coefficient (Wildman–Crippen LogP) is 2.30. The van der Waals surface area contributed by atoms with Crippen LogP contribution in [0.25, 0.3) is 0 Å². The quantitative estimate of drug-likeness (QED) is 0.919. The molecule has 3 rings (SSSR count). The van der Waals surface area contributed by atoms with Gasteiger partial charge < -0.3 is 0 Å². The first kappa shape index (κ1) is 14.7. The smallest absolute Gasteiger partial charge is 0.250 e. The van der Waals surface area contributed by atoms with Crippen LogP contribution in [0.4, 0.5) is 0 Å². The first-order chi connectivity index (χ1) is 10.1. The van der Waals surface area contributed by atoms with Gasteiger partial charge in [0.2, 0.25) is 10.0 Å². The molecule has 1 fully saturated rings. The molecule has 2 heterocycles. The average molecular weight is 322 g/mol. The van der Waals surface area contributed by atoms with Crippen LogP contribution in [-0.4, -0.2) is 32.4 Å². The van der Waals surface area contributed by atoms with Crippen LogP contribution in [0.1, 0.15) is 12.0 Å². The minimum atomic E-state index is -3.35. The number of benzene rings is 1. The molecule has 1 atom stereocenters. The van der Waals surface area contributed by atoms with E-state index in [1.165, 1.54) is 16.9 Å². The first-order valence-corrected chi connectivity index (χ1v) is 9.32. The Balaban J connectivity index is 1.58. The second kappa shape index (κ2) is 6.27. The molecule has 0 amide bonds. The SMILES string of the molecule is O=S(=O)(NC1CCN(Cc2ccccc2)C1)c1cccs1. The number of hydrogen-bond donors (Lipinski definition) is 1. The molecule has 0 bridgehead atoms. The summed E-state index contributed by atoms with van der Waals surface area (Å²) in [6.45, 7) is 2.56. The van der Waals surface area contributed by atoms with E-state index in [4.69, 9.17) is 0 Å². The molecule has 6 heteroatoms. The number of sulfonamides is 1. The number of thiophene rings is 1. The molecule has 1 aromatic carbocycles. The van der Waals surface area contributed by atoms with Crippen LogP contribution in [0.15, 0.2) is 52.1 Å². The van der Waals surface area contributed by atoms with Crippen molar-refractivity contribution >= 4 is 21.4 Å². The largest absolute Gasteiger partial charge is 0.297 e. The molecule has 0 aliphatic carbocycles. The molecule has 0 spiro atoms. The molecule has 1 saturated heterocycles. The summed E-state index contributed by atoms with van der Waals surface area (Å²) in [5.74, 6) is 0. The Bertz CT molecular complexity index is 669. The van der Waals surface area contributed by atoms with E-state index in [0.29, 0.717) is 4.21 Å². The first-order valence-electron chi connectivity index (χ1n) is 6.95. The highest BCUT2D eigenvalue weighted by Crippen LogP contribution is 2.19. The summed E-state index contributed by atoms with van der Waals surface area (Å²) in [5, 5.41) is 1.78. The third-order valence-electron chi connectivity index (χ3n) is 3.60. The minimum Gasteiger partial charge on any atom is -0.297 e. The molecule has 4 nitrogen and oxygen atoms in total. The highest BCUT2D eigenvalue weighted by molar-refractivity contribution is 7.91. The minimum absolute atomic E-state index is 0.000752. The van der Waals surface area contributed by atoms with E-state index in [1.807, 2.05) is 18.2 Å². The second-order valence-corrected chi connectivity index (χ2v) is 8.15. The molecule has 21 heavy (non-hydrogen) atoms. The van der Waals surface area contributed by atoms with Gasteiger partial charge in [-0.15, -0.1) is 11.3 Å². The van der Waals surface area contributed by atoms with Gasteiger partial charge in [-0.3, -0.25) is 4.90 Å². The number of hydrogen-bond acceptors (Lipinski definition) is 4. The molecule has 1 aromatic heterocycles. The Kier molecular flexibility index (Phi) is 4.40. The van der Waals surface area contributed by atoms with Gasteiger partial charge in [0.1, 0.15) is 4.21 Å². The van der Waals surface area contributed by atoms with Gasteiger partial charge in [0.15, 0.2) is 0 Å². The van der Waals surface area contributed by atoms with Gasteiger partial charge in [-0.1, -0.05) is 36.4 Å². The van der Waals surface area contributed by atoms with Crippen LogP contribution in [0.5, 0.6) is 0 Å². The topological polar surface area (TPSA) is 49.4 Å². The molecule has 2 aromatic rings. The van der Waals surface area contributed by atoms with E-state index in [0.717, 1.165) is 26.1 Å². The van der Waals surface area contributed by atoms with Crippen molar-refractivity contribution in [3.63, 3.8) is 0 Å². The van der Waals surface area contributed by atoms with Crippen molar-refractivity contribution < 1.29 is 8.42 Å². The number of likely N-dealkylation sites (tertiary alicyclic amines) is 1. The summed E-state index contributed by atoms with van der Waals surface area (Å²) in [5.41, 5.74) is 1.26. The summed E-state index contributed by atoms with van der Waals surface area (Å²) in [4.78, 5) is 2.29. The zero-order chi connectivity index (χ0) is 14.7. The maximum Gasteiger partial charge on any atom is 0.250 e. The average Bonchev–Trinajstić information content (AvgIpc) is 3.11. The Hall–Kier alpha value is -1.21. The van der Waals surface area contributed by atoms with Crippen LogP contribution in [0, 0.1) is 0 Å². The van der Waals surface area contributed by atoms with Crippen LogP contribution in [0.3, 0.4) is 0 Å². The fourth-order valence-corrected chi connectivity index (χ4v) is 4.88. The summed E-state index contributed by atoms with van der Waals surface area (Å²) >= 11 is 1.25. The van der Waals surface area contributed by atoms with Crippen molar-refractivity contribution in [2.24, 2.45) is 0 Å². The van der Waals surface area contributed by atoms with Gasteiger partial charge in [0.25, 0.3) is 0 Å². The maximum absolute atomic E-state index is 12.2. The molecule has 1 aliphatic heterocycles. The summed E-state index contributed by atoms with van der Waals surface area (Å²) in [7, 11) is -3.35. The number of rotatable bonds is 5. The van der Waals surface area contributed by atoms with Crippen molar-refractivity contribution in [1.29, 1.82) is 0 Å². The van der Waals surface area contributed by atoms with E-state index >= 15 is 0 Å². The van der Waals surface area contributed by atoms with Gasteiger partial charge in [-0.05, 0) is 23.4 Å². The van der Waals surface area contributed by atoms with Crippen molar-refractivity contribution in [3.05, 3.63) is 53.4 Å². The Labute approximate surface area is 129 Å². The molecule has 0 saturated carbocycles. The predicted molar refractivity (Wildman–Crippen MR) is 84.8 cm³/mol. The zero-order valence-corrected chi connectivity index (χ0v) is 13.2. The van der Waals surface area contributed by atoms with E-state index < -0.39 is 10.0 Å².